The third kappa shape index (κ3) is 3.56. The summed E-state index contributed by atoms with van der Waals surface area (Å²) in [5.74, 6) is -0.0885. The molecule has 3 rings (SSSR count). The summed E-state index contributed by atoms with van der Waals surface area (Å²) in [4.78, 5) is 14.4. The molecule has 1 unspecified atom stereocenters. The van der Waals surface area contributed by atoms with Gasteiger partial charge in [-0.3, -0.25) is 4.79 Å². The van der Waals surface area contributed by atoms with Crippen LogP contribution in [-0.4, -0.2) is 35.6 Å². The highest BCUT2D eigenvalue weighted by atomic mass is 19.3. The Balaban J connectivity index is 1.81. The minimum Gasteiger partial charge on any atom is -0.493 e. The monoisotopic (exact) mass is 362 g/mol. The summed E-state index contributed by atoms with van der Waals surface area (Å²) in [5.41, 5.74) is 1.42. The summed E-state index contributed by atoms with van der Waals surface area (Å²) >= 11 is 0. The number of aromatic nitrogens is 1. The highest BCUT2D eigenvalue weighted by Gasteiger charge is 2.26. The van der Waals surface area contributed by atoms with E-state index >= 15 is 0 Å². The van der Waals surface area contributed by atoms with Gasteiger partial charge in [-0.05, 0) is 31.2 Å². The molecule has 0 bridgehead atoms. The largest absolute Gasteiger partial charge is 0.493 e. The summed E-state index contributed by atoms with van der Waals surface area (Å²) in [6.45, 7) is 0.299. The molecule has 1 aromatic heterocycles. The average Bonchev–Trinajstić information content (AvgIpc) is 3.10. The van der Waals surface area contributed by atoms with Crippen molar-refractivity contribution in [3.8, 4) is 11.5 Å². The lowest BCUT2D eigenvalue weighted by molar-refractivity contribution is -0.129. The summed E-state index contributed by atoms with van der Waals surface area (Å²) in [6, 6.07) is 8.66. The minimum atomic E-state index is -2.98. The van der Waals surface area contributed by atoms with Crippen LogP contribution in [-0.2, 0) is 11.3 Å². The standard InChI is InChI=1S/C19H20F2N2O3/c1-13-15-6-4-10-22(15)11-12-23(13)17(24)9-8-14-5-3-7-16(25-2)18(14)26-19(20)21/h3-10,13,19H,11-12H2,1-2H3/b9-8+. The van der Waals surface area contributed by atoms with E-state index in [1.807, 2.05) is 25.3 Å². The Morgan fingerprint density at radius 1 is 1.27 bits per heavy atom. The predicted octanol–water partition coefficient (Wildman–Crippen LogP) is 3.71. The van der Waals surface area contributed by atoms with Gasteiger partial charge in [0.2, 0.25) is 5.91 Å². The third-order valence-electron chi connectivity index (χ3n) is 4.47. The molecule has 1 aromatic carbocycles. The van der Waals surface area contributed by atoms with Crippen LogP contribution in [0.15, 0.2) is 42.6 Å². The molecule has 0 radical (unpaired) electrons. The number of benzene rings is 1. The fourth-order valence-corrected chi connectivity index (χ4v) is 3.18. The SMILES string of the molecule is COc1cccc(/C=C/C(=O)N2CCn3cccc3C2C)c1OC(F)F. The van der Waals surface area contributed by atoms with Gasteiger partial charge in [-0.1, -0.05) is 12.1 Å². The smallest absolute Gasteiger partial charge is 0.387 e. The molecular formula is C19H20F2N2O3. The number of hydrogen-bond acceptors (Lipinski definition) is 3. The molecule has 26 heavy (non-hydrogen) atoms. The molecule has 1 aliphatic rings. The van der Waals surface area contributed by atoms with Gasteiger partial charge < -0.3 is 18.9 Å². The second-order valence-electron chi connectivity index (χ2n) is 5.92. The Hall–Kier alpha value is -2.83. The first-order valence-electron chi connectivity index (χ1n) is 8.26. The number of fused-ring (bicyclic) bond motifs is 1. The molecule has 0 aliphatic carbocycles. The number of carbonyl (C=O) groups excluding carboxylic acids is 1. The van der Waals surface area contributed by atoms with Crippen molar-refractivity contribution in [2.45, 2.75) is 26.1 Å². The first kappa shape index (κ1) is 18.0. The summed E-state index contributed by atoms with van der Waals surface area (Å²) < 4.78 is 37.1. The first-order chi connectivity index (χ1) is 12.5. The third-order valence-corrected chi connectivity index (χ3v) is 4.47. The van der Waals surface area contributed by atoms with Crippen LogP contribution in [0.1, 0.15) is 24.2 Å². The molecule has 5 nitrogen and oxygen atoms in total. The number of ether oxygens (including phenoxy) is 2. The first-order valence-corrected chi connectivity index (χ1v) is 8.26. The molecule has 1 aliphatic heterocycles. The van der Waals surface area contributed by atoms with Crippen LogP contribution in [0.25, 0.3) is 6.08 Å². The maximum absolute atomic E-state index is 12.7. The van der Waals surface area contributed by atoms with Crippen LogP contribution in [0.4, 0.5) is 8.78 Å². The fraction of sp³-hybridized carbons (Fsp3) is 0.316. The van der Waals surface area contributed by atoms with Crippen molar-refractivity contribution in [2.75, 3.05) is 13.7 Å². The molecule has 138 valence electrons. The van der Waals surface area contributed by atoms with Crippen LogP contribution < -0.4 is 9.47 Å². The predicted molar refractivity (Wildman–Crippen MR) is 93.2 cm³/mol. The molecular weight excluding hydrogens is 342 g/mol. The van der Waals surface area contributed by atoms with Gasteiger partial charge in [-0.2, -0.15) is 8.78 Å². The van der Waals surface area contributed by atoms with E-state index in [1.54, 1.807) is 17.0 Å². The molecule has 0 N–H and O–H groups in total. The molecule has 1 atom stereocenters. The van der Waals surface area contributed by atoms with E-state index in [1.165, 1.54) is 25.3 Å². The highest BCUT2D eigenvalue weighted by molar-refractivity contribution is 5.92. The van der Waals surface area contributed by atoms with Gasteiger partial charge in [0.1, 0.15) is 0 Å². The van der Waals surface area contributed by atoms with Crippen LogP contribution in [0.5, 0.6) is 11.5 Å². The zero-order chi connectivity index (χ0) is 18.7. The molecule has 0 spiro atoms. The van der Waals surface area contributed by atoms with Gasteiger partial charge in [0.25, 0.3) is 0 Å². The van der Waals surface area contributed by atoms with E-state index < -0.39 is 6.61 Å². The van der Waals surface area contributed by atoms with Crippen molar-refractivity contribution in [3.05, 3.63) is 53.9 Å². The van der Waals surface area contributed by atoms with E-state index in [-0.39, 0.29) is 23.4 Å². The number of methoxy groups -OCH3 is 1. The van der Waals surface area contributed by atoms with E-state index in [2.05, 4.69) is 9.30 Å². The number of carbonyl (C=O) groups is 1. The second-order valence-corrected chi connectivity index (χ2v) is 5.92. The number of nitrogens with zero attached hydrogens (tertiary/aromatic N) is 2. The van der Waals surface area contributed by atoms with E-state index in [0.717, 1.165) is 12.2 Å². The van der Waals surface area contributed by atoms with Crippen molar-refractivity contribution in [2.24, 2.45) is 0 Å². The maximum Gasteiger partial charge on any atom is 0.387 e. The topological polar surface area (TPSA) is 43.7 Å². The summed E-state index contributed by atoms with van der Waals surface area (Å²) in [5, 5.41) is 0. The van der Waals surface area contributed by atoms with Gasteiger partial charge in [-0.25, -0.2) is 0 Å². The van der Waals surface area contributed by atoms with Gasteiger partial charge >= 0.3 is 6.61 Å². The fourth-order valence-electron chi connectivity index (χ4n) is 3.18. The zero-order valence-corrected chi connectivity index (χ0v) is 14.6. The maximum atomic E-state index is 12.7. The Kier molecular flexibility index (Phi) is 5.25. The van der Waals surface area contributed by atoms with Crippen LogP contribution in [0.2, 0.25) is 0 Å². The lowest BCUT2D eigenvalue weighted by atomic mass is 10.1. The van der Waals surface area contributed by atoms with E-state index in [9.17, 15) is 13.6 Å². The number of para-hydroxylation sites is 1. The molecule has 2 aromatic rings. The molecule has 1 amide bonds. The second kappa shape index (κ2) is 7.59. The van der Waals surface area contributed by atoms with Crippen LogP contribution in [0, 0.1) is 0 Å². The molecule has 2 heterocycles. The van der Waals surface area contributed by atoms with Crippen molar-refractivity contribution in [1.82, 2.24) is 9.47 Å². The molecule has 0 saturated carbocycles. The molecule has 7 heteroatoms. The Labute approximate surface area is 150 Å². The van der Waals surface area contributed by atoms with Gasteiger partial charge in [0.05, 0.1) is 13.2 Å². The number of hydrogen-bond donors (Lipinski definition) is 0. The number of alkyl halides is 2. The zero-order valence-electron chi connectivity index (χ0n) is 14.6. The van der Waals surface area contributed by atoms with Gasteiger partial charge in [-0.15, -0.1) is 0 Å². The lowest BCUT2D eigenvalue weighted by Gasteiger charge is -2.34. The van der Waals surface area contributed by atoms with Crippen molar-refractivity contribution in [3.63, 3.8) is 0 Å². The van der Waals surface area contributed by atoms with Gasteiger partial charge in [0, 0.05) is 36.6 Å². The summed E-state index contributed by atoms with van der Waals surface area (Å²) in [7, 11) is 1.37. The van der Waals surface area contributed by atoms with E-state index in [0.29, 0.717) is 12.1 Å². The van der Waals surface area contributed by atoms with Gasteiger partial charge in [0.15, 0.2) is 11.5 Å². The van der Waals surface area contributed by atoms with E-state index in [4.69, 9.17) is 4.74 Å². The number of rotatable bonds is 5. The summed E-state index contributed by atoms with van der Waals surface area (Å²) in [6.07, 6.45) is 4.85. The Morgan fingerprint density at radius 2 is 2.08 bits per heavy atom. The Morgan fingerprint density at radius 3 is 2.81 bits per heavy atom. The highest BCUT2D eigenvalue weighted by Crippen LogP contribution is 2.33. The Bertz CT molecular complexity index is 817. The quantitative estimate of drug-likeness (QED) is 0.762. The average molecular weight is 362 g/mol. The minimum absolute atomic E-state index is 0.0574. The number of halogens is 2. The van der Waals surface area contributed by atoms with Crippen LogP contribution in [0.3, 0.4) is 0 Å². The lowest BCUT2D eigenvalue weighted by Crippen LogP contribution is -2.39. The van der Waals surface area contributed by atoms with Crippen LogP contribution >= 0.6 is 0 Å². The van der Waals surface area contributed by atoms with Crippen molar-refractivity contribution < 1.29 is 23.0 Å². The number of amides is 1. The molecule has 0 fully saturated rings. The van der Waals surface area contributed by atoms with Crippen molar-refractivity contribution in [1.29, 1.82) is 0 Å². The normalized spacial score (nSPS) is 16.8. The van der Waals surface area contributed by atoms with Crippen molar-refractivity contribution >= 4 is 12.0 Å². The molecule has 0 saturated heterocycles.